The first-order valence-corrected chi connectivity index (χ1v) is 5.41. The van der Waals surface area contributed by atoms with Crippen molar-refractivity contribution in [3.05, 3.63) is 24.0 Å². The van der Waals surface area contributed by atoms with Gasteiger partial charge in [0.15, 0.2) is 0 Å². The summed E-state index contributed by atoms with van der Waals surface area (Å²) in [7, 11) is 1.91. The minimum atomic E-state index is -0.242. The standard InChI is InChI=1S/C12H19FN2/c1-3-4-5-8-15(2)12-7-6-10(14)9-11(12)13/h6-7,9H,3-5,8,14H2,1-2H3. The van der Waals surface area contributed by atoms with E-state index in [-0.39, 0.29) is 5.82 Å². The van der Waals surface area contributed by atoms with E-state index < -0.39 is 0 Å². The molecule has 0 spiro atoms. The molecule has 0 atom stereocenters. The Labute approximate surface area is 90.9 Å². The molecular formula is C12H19FN2. The Morgan fingerprint density at radius 3 is 2.67 bits per heavy atom. The van der Waals surface area contributed by atoms with Gasteiger partial charge in [-0.05, 0) is 24.6 Å². The Hall–Kier alpha value is -1.25. The third kappa shape index (κ3) is 3.42. The van der Waals surface area contributed by atoms with Crippen molar-refractivity contribution in [3.8, 4) is 0 Å². The molecule has 0 fully saturated rings. The van der Waals surface area contributed by atoms with Crippen molar-refractivity contribution in [1.29, 1.82) is 0 Å². The molecule has 0 saturated carbocycles. The summed E-state index contributed by atoms with van der Waals surface area (Å²) >= 11 is 0. The van der Waals surface area contributed by atoms with Crippen molar-refractivity contribution in [2.45, 2.75) is 26.2 Å². The molecule has 2 nitrogen and oxygen atoms in total. The predicted molar refractivity (Wildman–Crippen MR) is 63.6 cm³/mol. The van der Waals surface area contributed by atoms with Crippen LogP contribution in [0.2, 0.25) is 0 Å². The second kappa shape index (κ2) is 5.59. The summed E-state index contributed by atoms with van der Waals surface area (Å²) < 4.78 is 13.5. The quantitative estimate of drug-likeness (QED) is 0.598. The second-order valence-electron chi connectivity index (χ2n) is 3.84. The summed E-state index contributed by atoms with van der Waals surface area (Å²) in [6.45, 7) is 3.04. The molecule has 0 aliphatic heterocycles. The molecule has 1 aromatic carbocycles. The minimum absolute atomic E-state index is 0.242. The van der Waals surface area contributed by atoms with Gasteiger partial charge >= 0.3 is 0 Å². The molecule has 2 N–H and O–H groups in total. The van der Waals surface area contributed by atoms with Crippen molar-refractivity contribution in [3.63, 3.8) is 0 Å². The van der Waals surface area contributed by atoms with Crippen LogP contribution in [0.4, 0.5) is 15.8 Å². The van der Waals surface area contributed by atoms with E-state index in [9.17, 15) is 4.39 Å². The van der Waals surface area contributed by atoms with E-state index in [2.05, 4.69) is 6.92 Å². The number of hydrogen-bond donors (Lipinski definition) is 1. The minimum Gasteiger partial charge on any atom is -0.399 e. The van der Waals surface area contributed by atoms with Gasteiger partial charge < -0.3 is 10.6 Å². The first kappa shape index (κ1) is 11.8. The van der Waals surface area contributed by atoms with Crippen LogP contribution in [0.3, 0.4) is 0 Å². The molecule has 1 aromatic rings. The van der Waals surface area contributed by atoms with Crippen LogP contribution in [-0.2, 0) is 0 Å². The van der Waals surface area contributed by atoms with Crippen LogP contribution in [-0.4, -0.2) is 13.6 Å². The number of anilines is 2. The van der Waals surface area contributed by atoms with Gasteiger partial charge in [-0.2, -0.15) is 0 Å². The zero-order valence-corrected chi connectivity index (χ0v) is 9.46. The summed E-state index contributed by atoms with van der Waals surface area (Å²) in [6.07, 6.45) is 3.45. The fourth-order valence-corrected chi connectivity index (χ4v) is 1.55. The fourth-order valence-electron chi connectivity index (χ4n) is 1.55. The van der Waals surface area contributed by atoms with Crippen molar-refractivity contribution < 1.29 is 4.39 Å². The van der Waals surface area contributed by atoms with E-state index in [0.29, 0.717) is 11.4 Å². The van der Waals surface area contributed by atoms with Crippen molar-refractivity contribution in [2.24, 2.45) is 0 Å². The Morgan fingerprint density at radius 2 is 2.07 bits per heavy atom. The normalized spacial score (nSPS) is 10.3. The Morgan fingerprint density at radius 1 is 1.33 bits per heavy atom. The highest BCUT2D eigenvalue weighted by molar-refractivity contribution is 5.53. The Kier molecular flexibility index (Phi) is 4.40. The van der Waals surface area contributed by atoms with E-state index in [4.69, 9.17) is 5.73 Å². The van der Waals surface area contributed by atoms with Crippen molar-refractivity contribution in [2.75, 3.05) is 24.2 Å². The topological polar surface area (TPSA) is 29.3 Å². The van der Waals surface area contributed by atoms with Crippen molar-refractivity contribution >= 4 is 11.4 Å². The number of nitrogens with two attached hydrogens (primary N) is 1. The molecule has 1 rings (SSSR count). The van der Waals surface area contributed by atoms with Gasteiger partial charge in [0.05, 0.1) is 5.69 Å². The number of nitrogens with zero attached hydrogens (tertiary/aromatic N) is 1. The zero-order valence-electron chi connectivity index (χ0n) is 9.46. The summed E-state index contributed by atoms with van der Waals surface area (Å²) in [6, 6.07) is 4.83. The third-order valence-corrected chi connectivity index (χ3v) is 2.48. The van der Waals surface area contributed by atoms with Gasteiger partial charge in [0.1, 0.15) is 5.82 Å². The van der Waals surface area contributed by atoms with E-state index in [1.807, 2.05) is 11.9 Å². The lowest BCUT2D eigenvalue weighted by molar-refractivity contribution is 0.618. The summed E-state index contributed by atoms with van der Waals surface area (Å²) in [4.78, 5) is 1.93. The maximum atomic E-state index is 13.5. The molecule has 0 heterocycles. The van der Waals surface area contributed by atoms with Crippen LogP contribution in [0.1, 0.15) is 26.2 Å². The number of rotatable bonds is 5. The maximum Gasteiger partial charge on any atom is 0.148 e. The average Bonchev–Trinajstić information content (AvgIpc) is 2.17. The lowest BCUT2D eigenvalue weighted by Crippen LogP contribution is -2.19. The van der Waals surface area contributed by atoms with E-state index >= 15 is 0 Å². The first-order chi connectivity index (χ1) is 7.15. The molecule has 84 valence electrons. The fraction of sp³-hybridized carbons (Fsp3) is 0.500. The van der Waals surface area contributed by atoms with E-state index in [1.54, 1.807) is 12.1 Å². The monoisotopic (exact) mass is 210 g/mol. The molecular weight excluding hydrogens is 191 g/mol. The third-order valence-electron chi connectivity index (χ3n) is 2.48. The van der Waals surface area contributed by atoms with Gasteiger partial charge in [-0.1, -0.05) is 19.8 Å². The van der Waals surface area contributed by atoms with E-state index in [1.165, 1.54) is 18.9 Å². The smallest absolute Gasteiger partial charge is 0.148 e. The maximum absolute atomic E-state index is 13.5. The highest BCUT2D eigenvalue weighted by Gasteiger charge is 2.06. The molecule has 0 aliphatic carbocycles. The molecule has 0 aliphatic rings. The van der Waals surface area contributed by atoms with Gasteiger partial charge in [0.25, 0.3) is 0 Å². The van der Waals surface area contributed by atoms with Crippen LogP contribution >= 0.6 is 0 Å². The average molecular weight is 210 g/mol. The summed E-state index contributed by atoms with van der Waals surface area (Å²) in [5.41, 5.74) is 6.59. The first-order valence-electron chi connectivity index (χ1n) is 5.41. The largest absolute Gasteiger partial charge is 0.399 e. The number of benzene rings is 1. The van der Waals surface area contributed by atoms with Gasteiger partial charge in [-0.15, -0.1) is 0 Å². The molecule has 15 heavy (non-hydrogen) atoms. The lowest BCUT2D eigenvalue weighted by Gasteiger charge is -2.19. The molecule has 0 unspecified atom stereocenters. The summed E-state index contributed by atoms with van der Waals surface area (Å²) in [5.74, 6) is -0.242. The molecule has 0 bridgehead atoms. The van der Waals surface area contributed by atoms with Crippen LogP contribution in [0, 0.1) is 5.82 Å². The molecule has 3 heteroatoms. The van der Waals surface area contributed by atoms with Crippen LogP contribution in [0.5, 0.6) is 0 Å². The Bertz CT molecular complexity index is 312. The van der Waals surface area contributed by atoms with Gasteiger partial charge in [0, 0.05) is 19.3 Å². The molecule has 0 saturated heterocycles. The van der Waals surface area contributed by atoms with Gasteiger partial charge in [-0.3, -0.25) is 0 Å². The van der Waals surface area contributed by atoms with E-state index in [0.717, 1.165) is 13.0 Å². The number of nitrogen functional groups attached to an aromatic ring is 1. The molecule has 0 radical (unpaired) electrons. The number of hydrogen-bond acceptors (Lipinski definition) is 2. The summed E-state index contributed by atoms with van der Waals surface area (Å²) in [5, 5.41) is 0. The highest BCUT2D eigenvalue weighted by atomic mass is 19.1. The molecule has 0 aromatic heterocycles. The number of halogens is 1. The predicted octanol–water partition coefficient (Wildman–Crippen LogP) is 3.03. The van der Waals surface area contributed by atoms with Gasteiger partial charge in [-0.25, -0.2) is 4.39 Å². The SMILES string of the molecule is CCCCCN(C)c1ccc(N)cc1F. The van der Waals surface area contributed by atoms with Crippen LogP contribution in [0.15, 0.2) is 18.2 Å². The van der Waals surface area contributed by atoms with Crippen LogP contribution in [0.25, 0.3) is 0 Å². The molecule has 0 amide bonds. The zero-order chi connectivity index (χ0) is 11.3. The van der Waals surface area contributed by atoms with Crippen LogP contribution < -0.4 is 10.6 Å². The van der Waals surface area contributed by atoms with Gasteiger partial charge in [0.2, 0.25) is 0 Å². The highest BCUT2D eigenvalue weighted by Crippen LogP contribution is 2.20. The number of unbranched alkanes of at least 4 members (excludes halogenated alkanes) is 2. The lowest BCUT2D eigenvalue weighted by atomic mass is 10.2. The van der Waals surface area contributed by atoms with Crippen molar-refractivity contribution in [1.82, 2.24) is 0 Å². The second-order valence-corrected chi connectivity index (χ2v) is 3.84. The Balaban J connectivity index is 2.61.